The summed E-state index contributed by atoms with van der Waals surface area (Å²) in [6.45, 7) is 5.32. The molecule has 0 heterocycles. The highest BCUT2D eigenvalue weighted by molar-refractivity contribution is 7.92. The van der Waals surface area contributed by atoms with Crippen LogP contribution in [0.2, 0.25) is 5.02 Å². The van der Waals surface area contributed by atoms with Crippen molar-refractivity contribution in [3.05, 3.63) is 53.1 Å². The first kappa shape index (κ1) is 22.0. The Morgan fingerprint density at radius 2 is 1.86 bits per heavy atom. The van der Waals surface area contributed by atoms with E-state index in [0.717, 1.165) is 16.3 Å². The molecule has 28 heavy (non-hydrogen) atoms. The van der Waals surface area contributed by atoms with Gasteiger partial charge in [-0.05, 0) is 50.6 Å². The Balaban J connectivity index is 2.47. The summed E-state index contributed by atoms with van der Waals surface area (Å²) in [5.41, 5.74) is 1.22. The summed E-state index contributed by atoms with van der Waals surface area (Å²) in [4.78, 5) is 12.6. The number of nitrogens with zero attached hydrogens (tertiary/aromatic N) is 1. The second kappa shape index (κ2) is 9.30. The van der Waals surface area contributed by atoms with Crippen LogP contribution in [0.5, 0.6) is 5.75 Å². The van der Waals surface area contributed by atoms with E-state index in [2.05, 4.69) is 5.32 Å². The highest BCUT2D eigenvalue weighted by atomic mass is 35.5. The van der Waals surface area contributed by atoms with Gasteiger partial charge in [-0.3, -0.25) is 9.10 Å². The van der Waals surface area contributed by atoms with Gasteiger partial charge in [0.15, 0.2) is 0 Å². The molecule has 0 aliphatic heterocycles. The van der Waals surface area contributed by atoms with Crippen molar-refractivity contribution in [2.45, 2.75) is 38.1 Å². The first-order valence-corrected chi connectivity index (χ1v) is 10.7. The number of anilines is 1. The number of carbonyl (C=O) groups excluding carboxylic acids is 1. The lowest BCUT2D eigenvalue weighted by molar-refractivity contribution is -0.120. The van der Waals surface area contributed by atoms with Crippen molar-refractivity contribution in [1.82, 2.24) is 5.32 Å². The smallest absolute Gasteiger partial charge is 0.264 e. The molecule has 1 atom stereocenters. The predicted octanol–water partition coefficient (Wildman–Crippen LogP) is 3.77. The molecular weight excluding hydrogens is 400 g/mol. The number of aryl methyl sites for hydroxylation is 1. The zero-order chi connectivity index (χ0) is 20.9. The number of ether oxygens (including phenoxy) is 1. The fourth-order valence-corrected chi connectivity index (χ4v) is 4.18. The molecule has 152 valence electrons. The minimum atomic E-state index is -3.97. The zero-order valence-corrected chi connectivity index (χ0v) is 18.0. The molecule has 0 bridgehead atoms. The molecule has 2 aromatic carbocycles. The van der Waals surface area contributed by atoms with E-state index in [-0.39, 0.29) is 28.2 Å². The third-order valence-electron chi connectivity index (χ3n) is 4.34. The van der Waals surface area contributed by atoms with E-state index in [1.165, 1.54) is 25.3 Å². The molecule has 2 rings (SSSR count). The van der Waals surface area contributed by atoms with Crippen LogP contribution < -0.4 is 14.4 Å². The quantitative estimate of drug-likeness (QED) is 0.699. The number of rotatable bonds is 8. The maximum atomic E-state index is 13.3. The van der Waals surface area contributed by atoms with Crippen LogP contribution in [0, 0.1) is 6.92 Å². The molecule has 0 aliphatic carbocycles. The van der Waals surface area contributed by atoms with E-state index >= 15 is 0 Å². The second-order valence-electron chi connectivity index (χ2n) is 6.52. The van der Waals surface area contributed by atoms with Crippen molar-refractivity contribution < 1.29 is 17.9 Å². The number of amides is 1. The van der Waals surface area contributed by atoms with Gasteiger partial charge in [0.05, 0.1) is 22.7 Å². The summed E-state index contributed by atoms with van der Waals surface area (Å²) in [6.07, 6.45) is 0.741. The summed E-state index contributed by atoms with van der Waals surface area (Å²) in [7, 11) is -2.50. The molecule has 8 heteroatoms. The van der Waals surface area contributed by atoms with Crippen LogP contribution in [0.1, 0.15) is 25.8 Å². The van der Waals surface area contributed by atoms with Gasteiger partial charge >= 0.3 is 0 Å². The minimum absolute atomic E-state index is 0.0594. The van der Waals surface area contributed by atoms with Crippen LogP contribution in [0.25, 0.3) is 0 Å². The van der Waals surface area contributed by atoms with Gasteiger partial charge < -0.3 is 10.1 Å². The van der Waals surface area contributed by atoms with E-state index in [4.69, 9.17) is 16.3 Å². The Bertz CT molecular complexity index is 930. The van der Waals surface area contributed by atoms with Crippen LogP contribution in [0.3, 0.4) is 0 Å². The Labute approximate surface area is 171 Å². The number of methoxy groups -OCH3 is 1. The summed E-state index contributed by atoms with van der Waals surface area (Å²) >= 11 is 6.19. The highest BCUT2D eigenvalue weighted by Gasteiger charge is 2.28. The normalized spacial score (nSPS) is 12.3. The molecule has 2 aromatic rings. The highest BCUT2D eigenvalue weighted by Crippen LogP contribution is 2.31. The van der Waals surface area contributed by atoms with Crippen LogP contribution in [-0.4, -0.2) is 34.0 Å². The third kappa shape index (κ3) is 5.17. The van der Waals surface area contributed by atoms with E-state index in [1.807, 2.05) is 20.8 Å². The molecule has 0 spiro atoms. The standard InChI is InChI=1S/C20H25ClN2O4S/c1-5-15(3)22-20(24)13-23(16-8-11-19(27-4)18(21)12-16)28(25,26)17-9-6-14(2)7-10-17/h6-12,15H,5,13H2,1-4H3,(H,22,24)/t15-/m0/s1. The Morgan fingerprint density at radius 3 is 2.39 bits per heavy atom. The molecule has 1 amide bonds. The van der Waals surface area contributed by atoms with Crippen molar-refractivity contribution in [3.8, 4) is 5.75 Å². The monoisotopic (exact) mass is 424 g/mol. The molecule has 6 nitrogen and oxygen atoms in total. The Hall–Kier alpha value is -2.25. The number of nitrogens with one attached hydrogen (secondary N) is 1. The average molecular weight is 425 g/mol. The number of hydrogen-bond acceptors (Lipinski definition) is 4. The molecule has 0 unspecified atom stereocenters. The van der Waals surface area contributed by atoms with Crippen LogP contribution in [-0.2, 0) is 14.8 Å². The fraction of sp³-hybridized carbons (Fsp3) is 0.350. The Morgan fingerprint density at radius 1 is 1.21 bits per heavy atom. The van der Waals surface area contributed by atoms with Crippen LogP contribution >= 0.6 is 11.6 Å². The first-order chi connectivity index (χ1) is 13.2. The number of hydrogen-bond donors (Lipinski definition) is 1. The zero-order valence-electron chi connectivity index (χ0n) is 16.4. The van der Waals surface area contributed by atoms with Gasteiger partial charge in [0.2, 0.25) is 5.91 Å². The van der Waals surface area contributed by atoms with E-state index in [9.17, 15) is 13.2 Å². The lowest BCUT2D eigenvalue weighted by atomic mass is 10.2. The van der Waals surface area contributed by atoms with E-state index in [1.54, 1.807) is 24.3 Å². The largest absolute Gasteiger partial charge is 0.495 e. The first-order valence-electron chi connectivity index (χ1n) is 8.91. The lowest BCUT2D eigenvalue weighted by Crippen LogP contribution is -2.43. The molecule has 0 saturated carbocycles. The topological polar surface area (TPSA) is 75.7 Å². The van der Waals surface area contributed by atoms with Gasteiger partial charge in [0, 0.05) is 6.04 Å². The van der Waals surface area contributed by atoms with Gasteiger partial charge in [0.1, 0.15) is 12.3 Å². The minimum Gasteiger partial charge on any atom is -0.495 e. The number of sulfonamides is 1. The van der Waals surface area contributed by atoms with E-state index in [0.29, 0.717) is 5.75 Å². The SMILES string of the molecule is CC[C@H](C)NC(=O)CN(c1ccc(OC)c(Cl)c1)S(=O)(=O)c1ccc(C)cc1. The molecule has 0 aliphatic rings. The third-order valence-corrected chi connectivity index (χ3v) is 6.42. The molecular formula is C20H25ClN2O4S. The average Bonchev–Trinajstić information content (AvgIpc) is 2.66. The van der Waals surface area contributed by atoms with Crippen molar-refractivity contribution >= 4 is 33.2 Å². The maximum Gasteiger partial charge on any atom is 0.264 e. The second-order valence-corrected chi connectivity index (χ2v) is 8.79. The van der Waals surface area contributed by atoms with Gasteiger partial charge in [-0.15, -0.1) is 0 Å². The molecule has 0 fully saturated rings. The Kier molecular flexibility index (Phi) is 7.32. The van der Waals surface area contributed by atoms with Crippen molar-refractivity contribution in [1.29, 1.82) is 0 Å². The molecule has 0 saturated heterocycles. The summed E-state index contributed by atoms with van der Waals surface area (Å²) < 4.78 is 32.7. The van der Waals surface area contributed by atoms with Crippen molar-refractivity contribution in [2.24, 2.45) is 0 Å². The van der Waals surface area contributed by atoms with Gasteiger partial charge in [-0.25, -0.2) is 8.42 Å². The molecule has 0 aromatic heterocycles. The number of carbonyl (C=O) groups is 1. The van der Waals surface area contributed by atoms with Crippen LogP contribution in [0.4, 0.5) is 5.69 Å². The molecule has 0 radical (unpaired) electrons. The van der Waals surface area contributed by atoms with Crippen molar-refractivity contribution in [2.75, 3.05) is 18.0 Å². The molecule has 1 N–H and O–H groups in total. The van der Waals surface area contributed by atoms with Crippen molar-refractivity contribution in [3.63, 3.8) is 0 Å². The predicted molar refractivity (Wildman–Crippen MR) is 112 cm³/mol. The van der Waals surface area contributed by atoms with E-state index < -0.39 is 15.9 Å². The van der Waals surface area contributed by atoms with Crippen LogP contribution in [0.15, 0.2) is 47.4 Å². The number of benzene rings is 2. The number of halogens is 1. The van der Waals surface area contributed by atoms with Gasteiger partial charge in [-0.1, -0.05) is 36.2 Å². The lowest BCUT2D eigenvalue weighted by Gasteiger charge is -2.25. The van der Waals surface area contributed by atoms with Gasteiger partial charge in [-0.2, -0.15) is 0 Å². The van der Waals surface area contributed by atoms with Gasteiger partial charge in [0.25, 0.3) is 10.0 Å². The summed E-state index contributed by atoms with van der Waals surface area (Å²) in [6, 6.07) is 11.0. The summed E-state index contributed by atoms with van der Waals surface area (Å²) in [5.74, 6) is 0.0270. The summed E-state index contributed by atoms with van der Waals surface area (Å²) in [5, 5.41) is 3.05. The fourth-order valence-electron chi connectivity index (χ4n) is 2.52. The maximum absolute atomic E-state index is 13.3.